The van der Waals surface area contributed by atoms with Crippen LogP contribution >= 0.6 is 12.4 Å². The highest BCUT2D eigenvalue weighted by atomic mass is 35.5. The smallest absolute Gasteiger partial charge is 0.224 e. The number of rotatable bonds is 5. The Hall–Kier alpha value is -1.85. The highest BCUT2D eigenvalue weighted by Gasteiger charge is 2.06. The molecule has 1 heterocycles. The Morgan fingerprint density at radius 2 is 2.10 bits per heavy atom. The number of benzene rings is 1. The van der Waals surface area contributed by atoms with E-state index >= 15 is 0 Å². The molecule has 0 aliphatic rings. The molecule has 0 aliphatic heterocycles. The monoisotopic (exact) mass is 294 g/mol. The summed E-state index contributed by atoms with van der Waals surface area (Å²) in [4.78, 5) is 11.7. The lowest BCUT2D eigenvalue weighted by molar-refractivity contribution is -0.120. The van der Waals surface area contributed by atoms with Crippen LogP contribution < -0.4 is 11.1 Å². The van der Waals surface area contributed by atoms with E-state index in [9.17, 15) is 4.79 Å². The summed E-state index contributed by atoms with van der Waals surface area (Å²) < 4.78 is 1.78. The predicted octanol–water partition coefficient (Wildman–Crippen LogP) is 1.30. The fourth-order valence-corrected chi connectivity index (χ4v) is 1.76. The highest BCUT2D eigenvalue weighted by Crippen LogP contribution is 2.09. The summed E-state index contributed by atoms with van der Waals surface area (Å²) >= 11 is 0. The number of hydrogen-bond acceptors (Lipinski definition) is 3. The van der Waals surface area contributed by atoms with Crippen LogP contribution in [0.3, 0.4) is 0 Å². The van der Waals surface area contributed by atoms with Gasteiger partial charge in [0.25, 0.3) is 0 Å². The van der Waals surface area contributed by atoms with Gasteiger partial charge in [0.15, 0.2) is 0 Å². The van der Waals surface area contributed by atoms with Crippen molar-refractivity contribution in [3.05, 3.63) is 48.3 Å². The van der Waals surface area contributed by atoms with Gasteiger partial charge in [0.05, 0.1) is 12.1 Å². The second-order valence-electron chi connectivity index (χ2n) is 4.50. The van der Waals surface area contributed by atoms with Gasteiger partial charge in [-0.25, -0.2) is 4.68 Å². The number of hydrogen-bond donors (Lipinski definition) is 2. The number of nitrogens with one attached hydrogen (secondary N) is 1. The van der Waals surface area contributed by atoms with Crippen LogP contribution in [-0.2, 0) is 11.2 Å². The first-order chi connectivity index (χ1) is 9.19. The van der Waals surface area contributed by atoms with Crippen molar-refractivity contribution in [2.45, 2.75) is 19.4 Å². The van der Waals surface area contributed by atoms with E-state index < -0.39 is 0 Å². The van der Waals surface area contributed by atoms with Gasteiger partial charge in [-0.1, -0.05) is 12.1 Å². The molecule has 0 spiro atoms. The number of amides is 1. The first-order valence-corrected chi connectivity index (χ1v) is 6.27. The van der Waals surface area contributed by atoms with Gasteiger partial charge in [0.1, 0.15) is 0 Å². The Labute approximate surface area is 124 Å². The summed E-state index contributed by atoms with van der Waals surface area (Å²) in [5.41, 5.74) is 7.41. The number of carbonyl (C=O) groups excluding carboxylic acids is 1. The maximum absolute atomic E-state index is 11.7. The Bertz CT molecular complexity index is 525. The molecule has 1 atom stereocenters. The summed E-state index contributed by atoms with van der Waals surface area (Å²) in [5, 5.41) is 6.99. The van der Waals surface area contributed by atoms with Crippen molar-refractivity contribution in [2.75, 3.05) is 6.54 Å². The Morgan fingerprint density at radius 1 is 1.40 bits per heavy atom. The van der Waals surface area contributed by atoms with Crippen LogP contribution in [0, 0.1) is 0 Å². The molecular formula is C14H19ClN4O. The lowest BCUT2D eigenvalue weighted by atomic mass is 10.1. The molecule has 108 valence electrons. The topological polar surface area (TPSA) is 72.9 Å². The second-order valence-corrected chi connectivity index (χ2v) is 4.50. The number of nitrogens with zero attached hydrogens (tertiary/aromatic N) is 2. The van der Waals surface area contributed by atoms with Crippen LogP contribution in [0.15, 0.2) is 42.7 Å². The molecule has 0 radical (unpaired) electrons. The minimum atomic E-state index is -0.00945. The molecule has 1 aromatic carbocycles. The number of halogens is 1. The highest BCUT2D eigenvalue weighted by molar-refractivity contribution is 5.85. The van der Waals surface area contributed by atoms with E-state index in [1.807, 2.05) is 43.5 Å². The molecule has 5 nitrogen and oxygen atoms in total. The quantitative estimate of drug-likeness (QED) is 0.873. The Morgan fingerprint density at radius 3 is 2.65 bits per heavy atom. The molecule has 6 heteroatoms. The van der Waals surface area contributed by atoms with Gasteiger partial charge in [0, 0.05) is 25.0 Å². The van der Waals surface area contributed by atoms with Gasteiger partial charge in [-0.3, -0.25) is 4.79 Å². The molecule has 0 fully saturated rings. The Kier molecular flexibility index (Phi) is 6.21. The first-order valence-electron chi connectivity index (χ1n) is 6.27. The molecular weight excluding hydrogens is 276 g/mol. The number of carbonyl (C=O) groups is 1. The lowest BCUT2D eigenvalue weighted by Crippen LogP contribution is -2.38. The van der Waals surface area contributed by atoms with Crippen LogP contribution in [0.1, 0.15) is 12.5 Å². The lowest BCUT2D eigenvalue weighted by Gasteiger charge is -2.11. The summed E-state index contributed by atoms with van der Waals surface area (Å²) in [6.07, 6.45) is 3.98. The van der Waals surface area contributed by atoms with Crippen molar-refractivity contribution < 1.29 is 4.79 Å². The molecule has 0 bridgehead atoms. The zero-order valence-electron chi connectivity index (χ0n) is 11.3. The molecule has 3 N–H and O–H groups in total. The van der Waals surface area contributed by atoms with Gasteiger partial charge in [-0.2, -0.15) is 5.10 Å². The maximum atomic E-state index is 11.7. The minimum Gasteiger partial charge on any atom is -0.352 e. The zero-order valence-corrected chi connectivity index (χ0v) is 12.1. The Balaban J connectivity index is 0.00000200. The third-order valence-electron chi connectivity index (χ3n) is 2.83. The summed E-state index contributed by atoms with van der Waals surface area (Å²) in [7, 11) is 0. The summed E-state index contributed by atoms with van der Waals surface area (Å²) in [6.45, 7) is 2.34. The molecule has 0 saturated heterocycles. The average molecular weight is 295 g/mol. The normalized spacial score (nSPS) is 11.5. The molecule has 0 unspecified atom stereocenters. The molecule has 0 saturated carbocycles. The van der Waals surface area contributed by atoms with E-state index in [1.54, 1.807) is 10.9 Å². The van der Waals surface area contributed by atoms with Crippen molar-refractivity contribution >= 4 is 18.3 Å². The molecule has 2 rings (SSSR count). The molecule has 2 aromatic rings. The van der Waals surface area contributed by atoms with E-state index in [0.717, 1.165) is 11.3 Å². The zero-order chi connectivity index (χ0) is 13.7. The van der Waals surface area contributed by atoms with Gasteiger partial charge in [0.2, 0.25) is 5.91 Å². The first kappa shape index (κ1) is 16.2. The summed E-state index contributed by atoms with van der Waals surface area (Å²) in [6, 6.07) is 9.64. The van der Waals surface area contributed by atoms with Crippen LogP contribution in [0.25, 0.3) is 5.69 Å². The van der Waals surface area contributed by atoms with Crippen molar-refractivity contribution in [2.24, 2.45) is 5.73 Å². The van der Waals surface area contributed by atoms with Crippen molar-refractivity contribution in [3.63, 3.8) is 0 Å². The van der Waals surface area contributed by atoms with Crippen molar-refractivity contribution in [1.82, 2.24) is 15.1 Å². The van der Waals surface area contributed by atoms with Gasteiger partial charge in [-0.05, 0) is 30.7 Å². The van der Waals surface area contributed by atoms with Crippen molar-refractivity contribution in [3.8, 4) is 5.69 Å². The van der Waals surface area contributed by atoms with Gasteiger partial charge >= 0.3 is 0 Å². The number of aromatic nitrogens is 2. The largest absolute Gasteiger partial charge is 0.352 e. The molecule has 1 aromatic heterocycles. The van der Waals surface area contributed by atoms with E-state index in [-0.39, 0.29) is 24.4 Å². The van der Waals surface area contributed by atoms with E-state index in [2.05, 4.69) is 10.4 Å². The average Bonchev–Trinajstić information content (AvgIpc) is 2.93. The van der Waals surface area contributed by atoms with Crippen LogP contribution in [0.5, 0.6) is 0 Å². The second kappa shape index (κ2) is 7.67. The third-order valence-corrected chi connectivity index (χ3v) is 2.83. The standard InChI is InChI=1S/C14H18N4O.ClH/c1-11(10-15)17-14(19)9-12-3-5-13(6-4-12)18-8-2-7-16-18;/h2-8,11H,9-10,15H2,1H3,(H,17,19);1H/t11-;/m0./s1. The molecule has 1 amide bonds. The number of nitrogens with two attached hydrogens (primary N) is 1. The van der Waals surface area contributed by atoms with Crippen LogP contribution in [0.2, 0.25) is 0 Å². The van der Waals surface area contributed by atoms with E-state index in [0.29, 0.717) is 13.0 Å². The molecule has 0 aliphatic carbocycles. The minimum absolute atomic E-state index is 0. The summed E-state index contributed by atoms with van der Waals surface area (Å²) in [5.74, 6) is -0.00945. The SMILES string of the molecule is C[C@@H](CN)NC(=O)Cc1ccc(-n2cccn2)cc1.Cl. The van der Waals surface area contributed by atoms with Gasteiger partial charge < -0.3 is 11.1 Å². The van der Waals surface area contributed by atoms with Crippen molar-refractivity contribution in [1.29, 1.82) is 0 Å². The third kappa shape index (κ3) is 4.36. The van der Waals surface area contributed by atoms with Crippen LogP contribution in [0.4, 0.5) is 0 Å². The van der Waals surface area contributed by atoms with Crippen LogP contribution in [-0.4, -0.2) is 28.3 Å². The maximum Gasteiger partial charge on any atom is 0.224 e. The van der Waals surface area contributed by atoms with Gasteiger partial charge in [-0.15, -0.1) is 12.4 Å². The van der Waals surface area contributed by atoms with E-state index in [1.165, 1.54) is 0 Å². The van der Waals surface area contributed by atoms with E-state index in [4.69, 9.17) is 5.73 Å². The fraction of sp³-hybridized carbons (Fsp3) is 0.286. The fourth-order valence-electron chi connectivity index (χ4n) is 1.76. The molecule has 20 heavy (non-hydrogen) atoms. The predicted molar refractivity (Wildman–Crippen MR) is 81.2 cm³/mol.